The molecule has 348 valence electrons. The van der Waals surface area contributed by atoms with Crippen molar-refractivity contribution >= 4 is 76.3 Å². The molecule has 0 aliphatic carbocycles. The topological polar surface area (TPSA) is 125 Å². The molecule has 12 rings (SSSR count). The molecule has 0 atom stereocenters. The summed E-state index contributed by atoms with van der Waals surface area (Å²) in [5, 5.41) is 7.95. The lowest BCUT2D eigenvalue weighted by Crippen LogP contribution is -2.33. The number of benzene rings is 6. The van der Waals surface area contributed by atoms with Crippen LogP contribution >= 0.6 is 45.6 Å². The highest BCUT2D eigenvalue weighted by Crippen LogP contribution is 2.34. The Kier molecular flexibility index (Phi) is 13.7. The van der Waals surface area contributed by atoms with E-state index in [0.29, 0.717) is 37.2 Å². The van der Waals surface area contributed by atoms with Gasteiger partial charge in [-0.1, -0.05) is 153 Å². The van der Waals surface area contributed by atoms with Crippen molar-refractivity contribution in [3.63, 3.8) is 0 Å². The van der Waals surface area contributed by atoms with Crippen LogP contribution in [-0.2, 0) is 6.42 Å². The van der Waals surface area contributed by atoms with Gasteiger partial charge in [0.2, 0.25) is 5.28 Å². The highest BCUT2D eigenvalue weighted by atomic mass is 35.5. The summed E-state index contributed by atoms with van der Waals surface area (Å²) in [4.78, 5) is 65.9. The van der Waals surface area contributed by atoms with E-state index in [1.807, 2.05) is 174 Å². The number of rotatable bonds is 8. The molecule has 0 aliphatic rings. The second-order valence-corrected chi connectivity index (χ2v) is 19.1. The van der Waals surface area contributed by atoms with Gasteiger partial charge in [-0.3, -0.25) is 28.5 Å². The Labute approximate surface area is 423 Å². The standard InChI is InChI=1S/C21H18N2OS.C18H11ClN2OS.C18H12N2O2S/c1-2-9-18-22-20-19(17(14-25-20)15-10-5-3-6-11-15)21(24)23(18)16-12-7-4-8-13-16;19-18-20-16-15(14(11-23-16)12-7-3-1-4-8-12)17(22)21(18)13-9-5-2-6-10-13;21-17-15-14(12-7-3-1-4-8-12)11-23-16(15)19-18(22)20(17)13-9-5-2-6-10-13/h3-8,10-14H,2,9H2,1H3;1-11H;1-11H,(H,19,22). The van der Waals surface area contributed by atoms with Crippen LogP contribution in [0.4, 0.5) is 0 Å². The lowest BCUT2D eigenvalue weighted by atomic mass is 10.1. The second kappa shape index (κ2) is 20.9. The molecule has 6 heterocycles. The molecule has 0 unspecified atom stereocenters. The largest absolute Gasteiger partial charge is 0.334 e. The summed E-state index contributed by atoms with van der Waals surface area (Å²) in [5.74, 6) is 0.827. The first-order valence-corrected chi connectivity index (χ1v) is 25.6. The van der Waals surface area contributed by atoms with Gasteiger partial charge < -0.3 is 0 Å². The van der Waals surface area contributed by atoms with Crippen molar-refractivity contribution < 1.29 is 0 Å². The number of hydrogen-bond acceptors (Lipinski definition) is 9. The summed E-state index contributed by atoms with van der Waals surface area (Å²) >= 11 is 10.6. The predicted octanol–water partition coefficient (Wildman–Crippen LogP) is 13.2. The molecule has 1 N–H and O–H groups in total. The number of halogens is 1. The van der Waals surface area contributed by atoms with E-state index in [0.717, 1.165) is 62.6 Å². The summed E-state index contributed by atoms with van der Waals surface area (Å²) in [6.45, 7) is 2.11. The van der Waals surface area contributed by atoms with E-state index in [2.05, 4.69) is 16.9 Å². The summed E-state index contributed by atoms with van der Waals surface area (Å²) in [7, 11) is 0. The van der Waals surface area contributed by atoms with Crippen LogP contribution in [0.15, 0.2) is 217 Å². The summed E-state index contributed by atoms with van der Waals surface area (Å²) < 4.78 is 4.40. The van der Waals surface area contributed by atoms with Gasteiger partial charge in [-0.15, -0.1) is 34.0 Å². The van der Waals surface area contributed by atoms with Crippen LogP contribution in [0.5, 0.6) is 0 Å². The molecular formula is C57H41ClN6O4S3. The Hall–Kier alpha value is -8.07. The van der Waals surface area contributed by atoms with Gasteiger partial charge >= 0.3 is 5.69 Å². The zero-order valence-electron chi connectivity index (χ0n) is 37.9. The molecule has 0 spiro atoms. The third-order valence-corrected chi connectivity index (χ3v) is 14.5. The molecule has 6 aromatic carbocycles. The average molecular weight is 1010 g/mol. The van der Waals surface area contributed by atoms with Gasteiger partial charge in [-0.05, 0) is 71.1 Å². The molecule has 12 aromatic rings. The smallest absolute Gasteiger partial charge is 0.298 e. The maximum atomic E-state index is 13.4. The number of H-pyrrole nitrogens is 1. The minimum atomic E-state index is -0.421. The Balaban J connectivity index is 0.000000123. The predicted molar refractivity (Wildman–Crippen MR) is 294 cm³/mol. The maximum Gasteiger partial charge on any atom is 0.334 e. The van der Waals surface area contributed by atoms with Gasteiger partial charge in [0, 0.05) is 39.3 Å². The van der Waals surface area contributed by atoms with Crippen molar-refractivity contribution in [1.82, 2.24) is 28.7 Å². The van der Waals surface area contributed by atoms with Crippen molar-refractivity contribution in [2.75, 3.05) is 0 Å². The van der Waals surface area contributed by atoms with Crippen molar-refractivity contribution in [3.05, 3.63) is 251 Å². The number of aromatic nitrogens is 6. The fourth-order valence-corrected chi connectivity index (χ4v) is 11.5. The highest BCUT2D eigenvalue weighted by molar-refractivity contribution is 7.18. The lowest BCUT2D eigenvalue weighted by Gasteiger charge is -2.12. The molecule has 71 heavy (non-hydrogen) atoms. The number of fused-ring (bicyclic) bond motifs is 3. The monoisotopic (exact) mass is 1000 g/mol. The van der Waals surface area contributed by atoms with Gasteiger partial charge in [-0.25, -0.2) is 19.3 Å². The first kappa shape index (κ1) is 46.6. The zero-order valence-corrected chi connectivity index (χ0v) is 41.1. The maximum absolute atomic E-state index is 13.4. The molecule has 6 aromatic heterocycles. The van der Waals surface area contributed by atoms with Crippen LogP contribution in [0.25, 0.3) is 81.1 Å². The van der Waals surface area contributed by atoms with Crippen LogP contribution in [0.1, 0.15) is 19.2 Å². The molecule has 0 amide bonds. The zero-order chi connectivity index (χ0) is 48.8. The summed E-state index contributed by atoms with van der Waals surface area (Å²) in [6.07, 6.45) is 1.72. The molecule has 0 saturated heterocycles. The normalized spacial score (nSPS) is 11.0. The van der Waals surface area contributed by atoms with Crippen LogP contribution in [0, 0.1) is 0 Å². The first-order chi connectivity index (χ1) is 34.8. The van der Waals surface area contributed by atoms with E-state index < -0.39 is 5.69 Å². The molecule has 10 nitrogen and oxygen atoms in total. The SMILES string of the molecule is CCCc1nc2scc(-c3ccccc3)c2c(=O)n1-c1ccccc1.O=c1[nH]c2scc(-c3ccccc3)c2c(=O)n1-c1ccccc1.O=c1c2c(-c3ccccc3)csc2nc(Cl)n1-c1ccccc1. The van der Waals surface area contributed by atoms with Crippen LogP contribution in [-0.4, -0.2) is 28.7 Å². The third-order valence-electron chi connectivity index (χ3n) is 11.6. The lowest BCUT2D eigenvalue weighted by molar-refractivity contribution is 0.776. The molecule has 0 saturated carbocycles. The Morgan fingerprint density at radius 2 is 0.817 bits per heavy atom. The number of thiophene rings is 3. The van der Waals surface area contributed by atoms with Crippen LogP contribution < -0.4 is 22.4 Å². The average Bonchev–Trinajstić information content (AvgIpc) is 4.17. The van der Waals surface area contributed by atoms with Gasteiger partial charge in [0.15, 0.2) is 0 Å². The summed E-state index contributed by atoms with van der Waals surface area (Å²) in [6, 6.07) is 57.6. The Morgan fingerprint density at radius 3 is 1.28 bits per heavy atom. The fraction of sp³-hybridized carbons (Fsp3) is 0.0526. The highest BCUT2D eigenvalue weighted by Gasteiger charge is 2.20. The van der Waals surface area contributed by atoms with Crippen molar-refractivity contribution in [2.24, 2.45) is 0 Å². The van der Waals surface area contributed by atoms with E-state index in [1.165, 1.54) is 31.8 Å². The minimum absolute atomic E-state index is 0.0137. The van der Waals surface area contributed by atoms with Gasteiger partial charge in [-0.2, -0.15) is 0 Å². The molecular weight excluding hydrogens is 964 g/mol. The van der Waals surface area contributed by atoms with Crippen molar-refractivity contribution in [3.8, 4) is 50.4 Å². The number of aromatic amines is 1. The van der Waals surface area contributed by atoms with E-state index in [9.17, 15) is 19.2 Å². The number of nitrogens with one attached hydrogen (secondary N) is 1. The second-order valence-electron chi connectivity index (χ2n) is 16.1. The number of para-hydroxylation sites is 3. The molecule has 0 radical (unpaired) electrons. The van der Waals surface area contributed by atoms with Gasteiger partial charge in [0.25, 0.3) is 16.7 Å². The van der Waals surface area contributed by atoms with E-state index >= 15 is 0 Å². The number of hydrogen-bond donors (Lipinski definition) is 1. The third kappa shape index (κ3) is 9.39. The van der Waals surface area contributed by atoms with Gasteiger partial charge in [0.05, 0.1) is 33.2 Å². The molecule has 0 fully saturated rings. The Morgan fingerprint density at radius 1 is 0.451 bits per heavy atom. The van der Waals surface area contributed by atoms with E-state index in [1.54, 1.807) is 40.2 Å². The summed E-state index contributed by atoms with van der Waals surface area (Å²) in [5.41, 5.74) is 7.00. The molecule has 0 bridgehead atoms. The van der Waals surface area contributed by atoms with E-state index in [-0.39, 0.29) is 22.0 Å². The minimum Gasteiger partial charge on any atom is -0.298 e. The van der Waals surface area contributed by atoms with Crippen molar-refractivity contribution in [1.29, 1.82) is 0 Å². The first-order valence-electron chi connectivity index (χ1n) is 22.6. The Bertz CT molecular complexity index is 4040. The molecule has 14 heteroatoms. The molecule has 0 aliphatic heterocycles. The van der Waals surface area contributed by atoms with Crippen LogP contribution in [0.2, 0.25) is 5.28 Å². The van der Waals surface area contributed by atoms with E-state index in [4.69, 9.17) is 16.6 Å². The number of aryl methyl sites for hydroxylation is 1. The quantitative estimate of drug-likeness (QED) is 0.151. The number of nitrogens with zero attached hydrogens (tertiary/aromatic N) is 5. The van der Waals surface area contributed by atoms with Crippen LogP contribution in [0.3, 0.4) is 0 Å². The van der Waals surface area contributed by atoms with Crippen molar-refractivity contribution in [2.45, 2.75) is 19.8 Å². The van der Waals surface area contributed by atoms with Gasteiger partial charge in [0.1, 0.15) is 20.3 Å². The fourth-order valence-electron chi connectivity index (χ4n) is 8.36.